The largest absolute Gasteiger partial charge is 0.389 e. The summed E-state index contributed by atoms with van der Waals surface area (Å²) in [7, 11) is 1.64. The van der Waals surface area contributed by atoms with Gasteiger partial charge in [-0.25, -0.2) is 4.39 Å². The first kappa shape index (κ1) is 14.1. The van der Waals surface area contributed by atoms with Crippen LogP contribution in [0.4, 0.5) is 10.1 Å². The molecule has 0 aliphatic heterocycles. The number of hydrogen-bond donors (Lipinski definition) is 1. The molecule has 3 nitrogen and oxygen atoms in total. The lowest BCUT2D eigenvalue weighted by atomic mass is 10.1. The van der Waals surface area contributed by atoms with Gasteiger partial charge in [-0.05, 0) is 36.4 Å². The number of benzene rings is 2. The minimum Gasteiger partial charge on any atom is -0.389 e. The van der Waals surface area contributed by atoms with Crippen molar-refractivity contribution in [3.8, 4) is 0 Å². The lowest BCUT2D eigenvalue weighted by Gasteiger charge is -2.18. The Bertz CT molecular complexity index is 655. The van der Waals surface area contributed by atoms with Crippen LogP contribution in [-0.2, 0) is 0 Å². The first-order valence-corrected chi connectivity index (χ1v) is 6.33. The average Bonchev–Trinajstić information content (AvgIpc) is 2.46. The molecule has 0 aliphatic rings. The summed E-state index contributed by atoms with van der Waals surface area (Å²) < 4.78 is 12.9. The van der Waals surface area contributed by atoms with Gasteiger partial charge in [0.25, 0.3) is 5.91 Å². The number of halogens is 1. The summed E-state index contributed by atoms with van der Waals surface area (Å²) in [6, 6.07) is 12.5. The number of thiocarbonyl (C=S) groups is 1. The molecule has 1 amide bonds. The maximum absolute atomic E-state index is 12.9. The molecule has 0 radical (unpaired) electrons. The van der Waals surface area contributed by atoms with Gasteiger partial charge in [-0.3, -0.25) is 4.79 Å². The summed E-state index contributed by atoms with van der Waals surface area (Å²) in [5, 5.41) is 0. The molecule has 0 saturated heterocycles. The van der Waals surface area contributed by atoms with Gasteiger partial charge in [-0.1, -0.05) is 24.4 Å². The molecule has 0 saturated carbocycles. The Morgan fingerprint density at radius 3 is 2.40 bits per heavy atom. The zero-order valence-electron chi connectivity index (χ0n) is 10.8. The van der Waals surface area contributed by atoms with Crippen molar-refractivity contribution in [3.05, 3.63) is 65.5 Å². The fraction of sp³-hybridized carbons (Fsp3) is 0.0667. The van der Waals surface area contributed by atoms with E-state index in [1.54, 1.807) is 31.3 Å². The van der Waals surface area contributed by atoms with E-state index < -0.39 is 0 Å². The summed E-state index contributed by atoms with van der Waals surface area (Å²) in [6.07, 6.45) is 0. The fourth-order valence-electron chi connectivity index (χ4n) is 1.77. The Balaban J connectivity index is 2.28. The Morgan fingerprint density at radius 2 is 1.80 bits per heavy atom. The van der Waals surface area contributed by atoms with Crippen molar-refractivity contribution in [3.63, 3.8) is 0 Å². The number of rotatable bonds is 3. The minimum atomic E-state index is -0.375. The van der Waals surface area contributed by atoms with Crippen molar-refractivity contribution in [1.82, 2.24) is 0 Å². The minimum absolute atomic E-state index is 0.231. The van der Waals surface area contributed by atoms with Gasteiger partial charge < -0.3 is 10.6 Å². The molecule has 2 rings (SSSR count). The van der Waals surface area contributed by atoms with Crippen LogP contribution >= 0.6 is 12.2 Å². The quantitative estimate of drug-likeness (QED) is 0.883. The molecule has 20 heavy (non-hydrogen) atoms. The van der Waals surface area contributed by atoms with E-state index in [9.17, 15) is 9.18 Å². The van der Waals surface area contributed by atoms with Crippen LogP contribution in [0.3, 0.4) is 0 Å². The van der Waals surface area contributed by atoms with Gasteiger partial charge in [-0.15, -0.1) is 0 Å². The maximum atomic E-state index is 12.9. The van der Waals surface area contributed by atoms with E-state index in [1.165, 1.54) is 29.2 Å². The third-order valence-electron chi connectivity index (χ3n) is 2.91. The monoisotopic (exact) mass is 288 g/mol. The van der Waals surface area contributed by atoms with E-state index in [1.807, 2.05) is 0 Å². The van der Waals surface area contributed by atoms with Crippen LogP contribution in [-0.4, -0.2) is 17.9 Å². The standard InChI is InChI=1S/C15H13FN2OS/c1-18(13-4-2-3-11(9-13)14(17)20)15(19)10-5-7-12(16)8-6-10/h2-9H,1H3,(H2,17,20). The molecule has 102 valence electrons. The van der Waals surface area contributed by atoms with Gasteiger partial charge in [-0.2, -0.15) is 0 Å². The van der Waals surface area contributed by atoms with Crippen LogP contribution in [0.25, 0.3) is 0 Å². The van der Waals surface area contributed by atoms with Crippen molar-refractivity contribution in [2.75, 3.05) is 11.9 Å². The van der Waals surface area contributed by atoms with Gasteiger partial charge in [0.2, 0.25) is 0 Å². The van der Waals surface area contributed by atoms with Gasteiger partial charge in [0.05, 0.1) is 0 Å². The summed E-state index contributed by atoms with van der Waals surface area (Å²) in [6.45, 7) is 0. The number of nitrogens with two attached hydrogens (primary N) is 1. The summed E-state index contributed by atoms with van der Waals surface area (Å²) in [4.78, 5) is 14.0. The Kier molecular flexibility index (Phi) is 4.10. The smallest absolute Gasteiger partial charge is 0.258 e. The van der Waals surface area contributed by atoms with E-state index in [0.717, 1.165) is 0 Å². The van der Waals surface area contributed by atoms with Crippen molar-refractivity contribution in [1.29, 1.82) is 0 Å². The Hall–Kier alpha value is -2.27. The molecule has 5 heteroatoms. The first-order chi connectivity index (χ1) is 9.49. The molecule has 0 bridgehead atoms. The maximum Gasteiger partial charge on any atom is 0.258 e. The van der Waals surface area contributed by atoms with Crippen molar-refractivity contribution >= 4 is 28.8 Å². The molecular formula is C15H13FN2OS. The highest BCUT2D eigenvalue weighted by molar-refractivity contribution is 7.80. The number of nitrogens with zero attached hydrogens (tertiary/aromatic N) is 1. The number of amides is 1. The van der Waals surface area contributed by atoms with Crippen LogP contribution in [0.2, 0.25) is 0 Å². The topological polar surface area (TPSA) is 46.3 Å². The molecule has 2 aromatic carbocycles. The third-order valence-corrected chi connectivity index (χ3v) is 3.15. The zero-order valence-corrected chi connectivity index (χ0v) is 11.7. The van der Waals surface area contributed by atoms with Gasteiger partial charge in [0, 0.05) is 23.9 Å². The first-order valence-electron chi connectivity index (χ1n) is 5.92. The van der Waals surface area contributed by atoms with Crippen molar-refractivity contribution in [2.45, 2.75) is 0 Å². The second-order valence-electron chi connectivity index (χ2n) is 4.29. The molecule has 0 aliphatic carbocycles. The molecular weight excluding hydrogens is 275 g/mol. The SMILES string of the molecule is CN(C(=O)c1ccc(F)cc1)c1cccc(C(N)=S)c1. The normalized spacial score (nSPS) is 10.1. The number of carbonyl (C=O) groups excluding carboxylic acids is 1. The van der Waals surface area contributed by atoms with Gasteiger partial charge >= 0.3 is 0 Å². The van der Waals surface area contributed by atoms with Crippen molar-refractivity contribution < 1.29 is 9.18 Å². The Labute approximate surface area is 121 Å². The van der Waals surface area contributed by atoms with Gasteiger partial charge in [0.15, 0.2) is 0 Å². The summed E-state index contributed by atoms with van der Waals surface area (Å²) in [5.74, 6) is -0.607. The van der Waals surface area contributed by atoms with Crippen LogP contribution in [0, 0.1) is 5.82 Å². The van der Waals surface area contributed by atoms with Crippen LogP contribution in [0.15, 0.2) is 48.5 Å². The highest BCUT2D eigenvalue weighted by Gasteiger charge is 2.14. The van der Waals surface area contributed by atoms with E-state index in [2.05, 4.69) is 0 Å². The highest BCUT2D eigenvalue weighted by Crippen LogP contribution is 2.17. The van der Waals surface area contributed by atoms with Gasteiger partial charge in [0.1, 0.15) is 10.8 Å². The summed E-state index contributed by atoms with van der Waals surface area (Å²) >= 11 is 4.91. The number of hydrogen-bond acceptors (Lipinski definition) is 2. The predicted molar refractivity (Wildman–Crippen MR) is 81.5 cm³/mol. The lowest BCUT2D eigenvalue weighted by Crippen LogP contribution is -2.26. The summed E-state index contributed by atoms with van der Waals surface area (Å²) in [5.41, 5.74) is 7.35. The van der Waals surface area contributed by atoms with E-state index >= 15 is 0 Å². The predicted octanol–water partition coefficient (Wildman–Crippen LogP) is 2.74. The average molecular weight is 288 g/mol. The second-order valence-corrected chi connectivity index (χ2v) is 4.73. The molecule has 0 spiro atoms. The molecule has 0 heterocycles. The van der Waals surface area contributed by atoms with E-state index in [4.69, 9.17) is 18.0 Å². The van der Waals surface area contributed by atoms with E-state index in [-0.39, 0.29) is 16.7 Å². The fourth-order valence-corrected chi connectivity index (χ4v) is 1.90. The lowest BCUT2D eigenvalue weighted by molar-refractivity contribution is 0.0993. The molecule has 0 fully saturated rings. The Morgan fingerprint density at radius 1 is 1.15 bits per heavy atom. The van der Waals surface area contributed by atoms with E-state index in [0.29, 0.717) is 16.8 Å². The van der Waals surface area contributed by atoms with Crippen LogP contribution < -0.4 is 10.6 Å². The third kappa shape index (κ3) is 3.00. The number of carbonyl (C=O) groups is 1. The second kappa shape index (κ2) is 5.79. The number of anilines is 1. The molecule has 2 aromatic rings. The molecule has 0 unspecified atom stereocenters. The highest BCUT2D eigenvalue weighted by atomic mass is 32.1. The van der Waals surface area contributed by atoms with Crippen molar-refractivity contribution in [2.24, 2.45) is 5.73 Å². The molecule has 2 N–H and O–H groups in total. The zero-order chi connectivity index (χ0) is 14.7. The van der Waals surface area contributed by atoms with Crippen LogP contribution in [0.1, 0.15) is 15.9 Å². The molecule has 0 atom stereocenters. The van der Waals surface area contributed by atoms with Crippen LogP contribution in [0.5, 0.6) is 0 Å². The molecule has 0 aromatic heterocycles.